The Labute approximate surface area is 188 Å². The predicted molar refractivity (Wildman–Crippen MR) is 123 cm³/mol. The fourth-order valence-corrected chi connectivity index (χ4v) is 3.68. The first-order valence-electron chi connectivity index (χ1n) is 11.1. The van der Waals surface area contributed by atoms with Gasteiger partial charge < -0.3 is 19.8 Å². The molecular weight excluding hydrogens is 404 g/mol. The standard InChI is InChI=1S/C25H30N4O3/c1-19-6-8-20(9-7-19)24-28-23(18-32-24)10-11-26-25(30)27-16-21-4-2-3-5-22(21)17-29-12-14-31-15-13-29/h2-9,18H,10-17H2,1H3,(H2,26,27,30). The first-order valence-corrected chi connectivity index (χ1v) is 11.1. The monoisotopic (exact) mass is 434 g/mol. The van der Waals surface area contributed by atoms with E-state index in [2.05, 4.69) is 32.7 Å². The highest BCUT2D eigenvalue weighted by Crippen LogP contribution is 2.19. The molecular formula is C25H30N4O3. The van der Waals surface area contributed by atoms with Crippen LogP contribution in [0.15, 0.2) is 59.2 Å². The summed E-state index contributed by atoms with van der Waals surface area (Å²) >= 11 is 0. The molecule has 1 saturated heterocycles. The number of hydrogen-bond donors (Lipinski definition) is 2. The molecule has 1 fully saturated rings. The summed E-state index contributed by atoms with van der Waals surface area (Å²) in [5.74, 6) is 0.598. The van der Waals surface area contributed by atoms with Crippen molar-refractivity contribution in [3.05, 3.63) is 77.2 Å². The minimum Gasteiger partial charge on any atom is -0.444 e. The number of nitrogens with zero attached hydrogens (tertiary/aromatic N) is 2. The van der Waals surface area contributed by atoms with Gasteiger partial charge in [-0.15, -0.1) is 0 Å². The van der Waals surface area contributed by atoms with Gasteiger partial charge in [-0.25, -0.2) is 9.78 Å². The maximum absolute atomic E-state index is 12.3. The van der Waals surface area contributed by atoms with Gasteiger partial charge >= 0.3 is 6.03 Å². The maximum Gasteiger partial charge on any atom is 0.315 e. The van der Waals surface area contributed by atoms with E-state index < -0.39 is 0 Å². The molecule has 0 aliphatic carbocycles. The lowest BCUT2D eigenvalue weighted by Gasteiger charge is -2.27. The van der Waals surface area contributed by atoms with Crippen molar-refractivity contribution in [2.24, 2.45) is 0 Å². The van der Waals surface area contributed by atoms with E-state index in [4.69, 9.17) is 9.15 Å². The number of morpholine rings is 1. The van der Waals surface area contributed by atoms with Crippen molar-refractivity contribution >= 4 is 6.03 Å². The third kappa shape index (κ3) is 6.18. The first kappa shape index (κ1) is 22.0. The lowest BCUT2D eigenvalue weighted by Crippen LogP contribution is -2.37. The van der Waals surface area contributed by atoms with E-state index in [1.165, 1.54) is 11.1 Å². The summed E-state index contributed by atoms with van der Waals surface area (Å²) in [7, 11) is 0. The van der Waals surface area contributed by atoms with Gasteiger partial charge in [-0.05, 0) is 30.2 Å². The Kier molecular flexibility index (Phi) is 7.53. The van der Waals surface area contributed by atoms with E-state index in [1.54, 1.807) is 6.26 Å². The van der Waals surface area contributed by atoms with Gasteiger partial charge in [-0.3, -0.25) is 4.90 Å². The van der Waals surface area contributed by atoms with Crippen molar-refractivity contribution in [1.29, 1.82) is 0 Å². The topological polar surface area (TPSA) is 79.6 Å². The molecule has 32 heavy (non-hydrogen) atoms. The molecule has 0 bridgehead atoms. The number of ether oxygens (including phenoxy) is 1. The number of carbonyl (C=O) groups is 1. The summed E-state index contributed by atoms with van der Waals surface area (Å²) < 4.78 is 11.0. The summed E-state index contributed by atoms with van der Waals surface area (Å²) in [6, 6.07) is 16.1. The molecule has 1 aliphatic rings. The molecule has 0 unspecified atom stereocenters. The molecule has 3 aromatic rings. The smallest absolute Gasteiger partial charge is 0.315 e. The Morgan fingerprint density at radius 1 is 1.03 bits per heavy atom. The molecule has 2 aromatic carbocycles. The van der Waals surface area contributed by atoms with E-state index in [0.717, 1.165) is 49.7 Å². The van der Waals surface area contributed by atoms with Crippen LogP contribution < -0.4 is 10.6 Å². The molecule has 7 heteroatoms. The van der Waals surface area contributed by atoms with Gasteiger partial charge in [0.1, 0.15) is 6.26 Å². The van der Waals surface area contributed by atoms with Crippen LogP contribution in [-0.2, 0) is 24.2 Å². The van der Waals surface area contributed by atoms with Crippen LogP contribution in [0.25, 0.3) is 11.5 Å². The average molecular weight is 435 g/mol. The molecule has 2 amide bonds. The minimum atomic E-state index is -0.187. The van der Waals surface area contributed by atoms with E-state index in [9.17, 15) is 4.79 Å². The zero-order valence-corrected chi connectivity index (χ0v) is 18.5. The first-order chi connectivity index (χ1) is 15.7. The van der Waals surface area contributed by atoms with Crippen molar-refractivity contribution in [2.45, 2.75) is 26.4 Å². The van der Waals surface area contributed by atoms with Crippen molar-refractivity contribution in [2.75, 3.05) is 32.8 Å². The number of hydrogen-bond acceptors (Lipinski definition) is 5. The minimum absolute atomic E-state index is 0.187. The number of rotatable bonds is 8. The predicted octanol–water partition coefficient (Wildman–Crippen LogP) is 3.52. The zero-order valence-electron chi connectivity index (χ0n) is 18.5. The van der Waals surface area contributed by atoms with Crippen LogP contribution >= 0.6 is 0 Å². The number of urea groups is 1. The van der Waals surface area contributed by atoms with Crippen LogP contribution in [-0.4, -0.2) is 48.8 Å². The van der Waals surface area contributed by atoms with Crippen molar-refractivity contribution in [3.8, 4) is 11.5 Å². The highest BCUT2D eigenvalue weighted by Gasteiger charge is 2.13. The Balaban J connectivity index is 1.22. The molecule has 1 aliphatic heterocycles. The van der Waals surface area contributed by atoms with Crippen LogP contribution in [0.1, 0.15) is 22.4 Å². The number of nitrogens with one attached hydrogen (secondary N) is 2. The van der Waals surface area contributed by atoms with E-state index in [1.807, 2.05) is 43.3 Å². The lowest BCUT2D eigenvalue weighted by molar-refractivity contribution is 0.0341. The van der Waals surface area contributed by atoms with Crippen LogP contribution in [0.4, 0.5) is 4.79 Å². The average Bonchev–Trinajstić information content (AvgIpc) is 3.28. The number of benzene rings is 2. The second-order valence-corrected chi connectivity index (χ2v) is 8.03. The number of aryl methyl sites for hydroxylation is 1. The third-order valence-corrected chi connectivity index (χ3v) is 5.57. The van der Waals surface area contributed by atoms with Gasteiger partial charge in [-0.1, -0.05) is 42.0 Å². The molecule has 0 saturated carbocycles. The lowest BCUT2D eigenvalue weighted by atomic mass is 10.1. The summed E-state index contributed by atoms with van der Waals surface area (Å²) in [4.78, 5) is 19.2. The molecule has 7 nitrogen and oxygen atoms in total. The van der Waals surface area contributed by atoms with Crippen LogP contribution in [0.3, 0.4) is 0 Å². The zero-order chi connectivity index (χ0) is 22.2. The van der Waals surface area contributed by atoms with Crippen molar-refractivity contribution in [1.82, 2.24) is 20.5 Å². The summed E-state index contributed by atoms with van der Waals surface area (Å²) in [6.45, 7) is 7.34. The Morgan fingerprint density at radius 2 is 1.78 bits per heavy atom. The Bertz CT molecular complexity index is 1010. The highest BCUT2D eigenvalue weighted by atomic mass is 16.5. The summed E-state index contributed by atoms with van der Waals surface area (Å²) in [5.41, 5.74) is 5.33. The van der Waals surface area contributed by atoms with Crippen LogP contribution in [0, 0.1) is 6.92 Å². The quantitative estimate of drug-likeness (QED) is 0.567. The van der Waals surface area contributed by atoms with E-state index >= 15 is 0 Å². The van der Waals surface area contributed by atoms with Gasteiger partial charge in [-0.2, -0.15) is 0 Å². The van der Waals surface area contributed by atoms with Crippen LogP contribution in [0.2, 0.25) is 0 Å². The van der Waals surface area contributed by atoms with Gasteiger partial charge in [0.25, 0.3) is 0 Å². The van der Waals surface area contributed by atoms with Crippen molar-refractivity contribution in [3.63, 3.8) is 0 Å². The van der Waals surface area contributed by atoms with Crippen LogP contribution in [0.5, 0.6) is 0 Å². The third-order valence-electron chi connectivity index (χ3n) is 5.57. The number of amides is 2. The normalized spacial score (nSPS) is 14.3. The van der Waals surface area contributed by atoms with Gasteiger partial charge in [0.2, 0.25) is 5.89 Å². The highest BCUT2D eigenvalue weighted by molar-refractivity contribution is 5.73. The Morgan fingerprint density at radius 3 is 2.56 bits per heavy atom. The number of oxazole rings is 1. The largest absolute Gasteiger partial charge is 0.444 e. The molecule has 168 valence electrons. The van der Waals surface area contributed by atoms with E-state index in [-0.39, 0.29) is 6.03 Å². The summed E-state index contributed by atoms with van der Waals surface area (Å²) in [6.07, 6.45) is 2.26. The van der Waals surface area contributed by atoms with E-state index in [0.29, 0.717) is 25.4 Å². The molecule has 0 atom stereocenters. The second kappa shape index (κ2) is 10.9. The molecule has 2 N–H and O–H groups in total. The molecule has 4 rings (SSSR count). The molecule has 0 radical (unpaired) electrons. The molecule has 2 heterocycles. The number of carbonyl (C=O) groups excluding carboxylic acids is 1. The Hall–Kier alpha value is -3.16. The van der Waals surface area contributed by atoms with Gasteiger partial charge in [0.05, 0.1) is 18.9 Å². The SMILES string of the molecule is Cc1ccc(-c2nc(CCNC(=O)NCc3ccccc3CN3CCOCC3)co2)cc1. The maximum atomic E-state index is 12.3. The van der Waals surface area contributed by atoms with Crippen molar-refractivity contribution < 1.29 is 13.9 Å². The van der Waals surface area contributed by atoms with Gasteiger partial charge in [0, 0.05) is 44.7 Å². The number of aromatic nitrogens is 1. The molecule has 0 spiro atoms. The fourth-order valence-electron chi connectivity index (χ4n) is 3.68. The molecule has 1 aromatic heterocycles. The summed E-state index contributed by atoms with van der Waals surface area (Å²) in [5, 5.41) is 5.86. The van der Waals surface area contributed by atoms with Gasteiger partial charge in [0.15, 0.2) is 0 Å². The second-order valence-electron chi connectivity index (χ2n) is 8.03. The fraction of sp³-hybridized carbons (Fsp3) is 0.360.